The predicted molar refractivity (Wildman–Crippen MR) is 252 cm³/mol. The second kappa shape index (κ2) is 38.6. The van der Waals surface area contributed by atoms with Crippen LogP contribution in [0.1, 0.15) is 224 Å². The van der Waals surface area contributed by atoms with Crippen LogP contribution in [0.3, 0.4) is 0 Å². The summed E-state index contributed by atoms with van der Waals surface area (Å²) in [5.41, 5.74) is 1.39. The molecule has 1 aromatic carbocycles. The van der Waals surface area contributed by atoms with E-state index in [2.05, 4.69) is 36.5 Å². The van der Waals surface area contributed by atoms with Gasteiger partial charge in [-0.1, -0.05) is 223 Å². The van der Waals surface area contributed by atoms with E-state index in [1.165, 1.54) is 153 Å². The lowest BCUT2D eigenvalue weighted by atomic mass is 9.98. The van der Waals surface area contributed by atoms with Gasteiger partial charge < -0.3 is 45.4 Å². The number of nitrogens with one attached hydrogen (secondary N) is 1. The standard InChI is InChI=1S/C52H95NO9/c1-2-3-4-5-6-7-8-9-10-11-12-13-14-15-16-17-18-19-20-21-26-29-35-40-47(56)53-44(42-61-52-51(60)50(59)49(58)46(41-54)62-52)48(57)45(55)39-34-28-25-23-22-24-27-31-36-43-37-32-30-33-38-43/h30,32-33,37-38,44-46,48-52,54-55,57-60H,2-29,31,34-36,39-42H2,1H3,(H,53,56)/t44-,45+,46?,48-,49-,50-,51?,52-/m0/s1. The first kappa shape index (κ1) is 56.5. The zero-order chi connectivity index (χ0) is 44.9. The Bertz CT molecular complexity index is 1140. The monoisotopic (exact) mass is 878 g/mol. The molecule has 2 unspecified atom stereocenters. The first-order valence-electron chi connectivity index (χ1n) is 25.9. The summed E-state index contributed by atoms with van der Waals surface area (Å²) in [7, 11) is 0. The average Bonchev–Trinajstić information content (AvgIpc) is 3.28. The third-order valence-corrected chi connectivity index (χ3v) is 13.0. The van der Waals surface area contributed by atoms with E-state index in [0.29, 0.717) is 6.42 Å². The van der Waals surface area contributed by atoms with Crippen LogP contribution in [0.4, 0.5) is 0 Å². The van der Waals surface area contributed by atoms with Crippen LogP contribution in [0, 0.1) is 0 Å². The van der Waals surface area contributed by atoms with Crippen LogP contribution in [0.5, 0.6) is 0 Å². The second-order valence-electron chi connectivity index (χ2n) is 18.6. The number of hydrogen-bond donors (Lipinski definition) is 7. The number of carbonyl (C=O) groups is 1. The molecule has 0 aliphatic carbocycles. The molecular weight excluding hydrogens is 783 g/mol. The van der Waals surface area contributed by atoms with Gasteiger partial charge in [0.25, 0.3) is 0 Å². The van der Waals surface area contributed by atoms with Gasteiger partial charge in [0.15, 0.2) is 6.29 Å². The van der Waals surface area contributed by atoms with Crippen LogP contribution in [0.15, 0.2) is 30.3 Å². The maximum absolute atomic E-state index is 13.1. The Morgan fingerprint density at radius 3 is 1.50 bits per heavy atom. The number of rotatable bonds is 42. The first-order chi connectivity index (χ1) is 30.3. The number of aliphatic hydroxyl groups excluding tert-OH is 6. The van der Waals surface area contributed by atoms with Crippen LogP contribution >= 0.6 is 0 Å². The Labute approximate surface area is 378 Å². The summed E-state index contributed by atoms with van der Waals surface area (Å²) in [4.78, 5) is 13.1. The van der Waals surface area contributed by atoms with Crippen molar-refractivity contribution >= 4 is 5.91 Å². The van der Waals surface area contributed by atoms with Crippen LogP contribution < -0.4 is 5.32 Å². The van der Waals surface area contributed by atoms with E-state index in [0.717, 1.165) is 57.8 Å². The van der Waals surface area contributed by atoms with Gasteiger partial charge in [0, 0.05) is 6.42 Å². The normalized spacial score (nSPS) is 20.6. The number of amides is 1. The molecule has 62 heavy (non-hydrogen) atoms. The van der Waals surface area contributed by atoms with Gasteiger partial charge in [0.2, 0.25) is 5.91 Å². The number of benzene rings is 1. The van der Waals surface area contributed by atoms with Crippen molar-refractivity contribution in [2.24, 2.45) is 0 Å². The highest BCUT2D eigenvalue weighted by molar-refractivity contribution is 5.76. The molecule has 1 aliphatic heterocycles. The van der Waals surface area contributed by atoms with Gasteiger partial charge in [-0.05, 0) is 31.2 Å². The Morgan fingerprint density at radius 1 is 0.597 bits per heavy atom. The lowest BCUT2D eigenvalue weighted by molar-refractivity contribution is -0.303. The number of aliphatic hydroxyl groups is 6. The third kappa shape index (κ3) is 27.6. The molecule has 10 heteroatoms. The van der Waals surface area contributed by atoms with Crippen LogP contribution in [0.2, 0.25) is 0 Å². The fourth-order valence-electron chi connectivity index (χ4n) is 8.81. The van der Waals surface area contributed by atoms with Crippen molar-refractivity contribution in [3.8, 4) is 0 Å². The van der Waals surface area contributed by atoms with Crippen molar-refractivity contribution in [3.63, 3.8) is 0 Å². The Morgan fingerprint density at radius 2 is 1.03 bits per heavy atom. The Hall–Kier alpha value is -1.63. The SMILES string of the molecule is CCCCCCCCCCCCCCCCCCCCCCCCCC(=O)N[C@@H](CO[C@H]1OC(CO)[C@H](O)[C@H](O)C1O)[C@H](O)[C@H](O)CCCCCCCCCCc1ccccc1. The van der Waals surface area contributed by atoms with E-state index in [9.17, 15) is 35.4 Å². The molecule has 0 aromatic heterocycles. The zero-order valence-electron chi connectivity index (χ0n) is 39.4. The lowest BCUT2D eigenvalue weighted by Gasteiger charge is -2.40. The van der Waals surface area contributed by atoms with Gasteiger partial charge in [-0.2, -0.15) is 0 Å². The minimum absolute atomic E-state index is 0.258. The molecule has 0 spiro atoms. The number of ether oxygens (including phenoxy) is 2. The van der Waals surface area contributed by atoms with E-state index in [4.69, 9.17) is 9.47 Å². The van der Waals surface area contributed by atoms with E-state index >= 15 is 0 Å². The largest absolute Gasteiger partial charge is 0.394 e. The summed E-state index contributed by atoms with van der Waals surface area (Å²) in [5, 5.41) is 65.4. The first-order valence-corrected chi connectivity index (χ1v) is 25.9. The van der Waals surface area contributed by atoms with E-state index in [-0.39, 0.29) is 18.9 Å². The molecule has 362 valence electrons. The highest BCUT2D eigenvalue weighted by Gasteiger charge is 2.44. The summed E-state index contributed by atoms with van der Waals surface area (Å²) < 4.78 is 11.2. The molecule has 1 heterocycles. The molecule has 2 rings (SSSR count). The van der Waals surface area contributed by atoms with E-state index in [1.807, 2.05) is 6.07 Å². The van der Waals surface area contributed by atoms with Crippen molar-refractivity contribution < 1.29 is 44.9 Å². The smallest absolute Gasteiger partial charge is 0.220 e. The van der Waals surface area contributed by atoms with Gasteiger partial charge in [0.1, 0.15) is 30.5 Å². The average molecular weight is 878 g/mol. The summed E-state index contributed by atoms with van der Waals surface area (Å²) in [6.45, 7) is 1.37. The number of aryl methyl sites for hydroxylation is 1. The lowest BCUT2D eigenvalue weighted by Crippen LogP contribution is -2.60. The van der Waals surface area contributed by atoms with Gasteiger partial charge in [-0.25, -0.2) is 0 Å². The van der Waals surface area contributed by atoms with Crippen molar-refractivity contribution in [1.82, 2.24) is 5.32 Å². The molecule has 8 atom stereocenters. The molecule has 0 saturated carbocycles. The summed E-state index contributed by atoms with van der Waals surface area (Å²) in [6, 6.07) is 9.59. The quantitative estimate of drug-likeness (QED) is 0.0316. The molecule has 10 nitrogen and oxygen atoms in total. The molecular formula is C52H95NO9. The summed E-state index contributed by atoms with van der Waals surface area (Å²) >= 11 is 0. The van der Waals surface area contributed by atoms with Gasteiger partial charge in [0.05, 0.1) is 25.4 Å². The zero-order valence-corrected chi connectivity index (χ0v) is 39.4. The molecule has 1 fully saturated rings. The van der Waals surface area contributed by atoms with Gasteiger partial charge in [-0.15, -0.1) is 0 Å². The van der Waals surface area contributed by atoms with Crippen molar-refractivity contribution in [1.29, 1.82) is 0 Å². The molecule has 1 aliphatic rings. The van der Waals surface area contributed by atoms with Gasteiger partial charge in [-0.3, -0.25) is 4.79 Å². The van der Waals surface area contributed by atoms with E-state index in [1.54, 1.807) is 0 Å². The highest BCUT2D eigenvalue weighted by Crippen LogP contribution is 2.23. The number of unbranched alkanes of at least 4 members (excludes halogenated alkanes) is 29. The van der Waals surface area contributed by atoms with Gasteiger partial charge >= 0.3 is 0 Å². The second-order valence-corrected chi connectivity index (χ2v) is 18.6. The predicted octanol–water partition coefficient (Wildman–Crippen LogP) is 10.1. The molecule has 1 aromatic rings. The van der Waals surface area contributed by atoms with E-state index < -0.39 is 55.6 Å². The number of carbonyl (C=O) groups excluding carboxylic acids is 1. The summed E-state index contributed by atoms with van der Waals surface area (Å²) in [6.07, 6.45) is 30.8. The van der Waals surface area contributed by atoms with Crippen molar-refractivity contribution in [2.75, 3.05) is 13.2 Å². The molecule has 1 saturated heterocycles. The molecule has 0 radical (unpaired) electrons. The molecule has 1 amide bonds. The minimum atomic E-state index is -1.61. The Kier molecular flexibility index (Phi) is 35.2. The van der Waals surface area contributed by atoms with Crippen LogP contribution in [-0.4, -0.2) is 98.7 Å². The van der Waals surface area contributed by atoms with Crippen LogP contribution in [0.25, 0.3) is 0 Å². The molecule has 0 bridgehead atoms. The van der Waals surface area contributed by atoms with Crippen molar-refractivity contribution in [2.45, 2.75) is 274 Å². The maximum Gasteiger partial charge on any atom is 0.220 e. The van der Waals surface area contributed by atoms with Crippen LogP contribution in [-0.2, 0) is 20.7 Å². The molecule has 7 N–H and O–H groups in total. The maximum atomic E-state index is 13.1. The van der Waals surface area contributed by atoms with Crippen molar-refractivity contribution in [3.05, 3.63) is 35.9 Å². The fourth-order valence-corrected chi connectivity index (χ4v) is 8.81. The Balaban J connectivity index is 1.57. The minimum Gasteiger partial charge on any atom is -0.394 e. The third-order valence-electron chi connectivity index (χ3n) is 13.0. The highest BCUT2D eigenvalue weighted by atomic mass is 16.7. The number of hydrogen-bond acceptors (Lipinski definition) is 9. The summed E-state index contributed by atoms with van der Waals surface area (Å²) in [5.74, 6) is -0.258. The fraction of sp³-hybridized carbons (Fsp3) is 0.865. The topological polar surface area (TPSA) is 169 Å².